The van der Waals surface area contributed by atoms with E-state index in [-0.39, 0.29) is 18.2 Å². The molecule has 1 amide bonds. The summed E-state index contributed by atoms with van der Waals surface area (Å²) >= 11 is 2.75. The van der Waals surface area contributed by atoms with Gasteiger partial charge in [-0.05, 0) is 36.6 Å². The Morgan fingerprint density at radius 1 is 1.16 bits per heavy atom. The van der Waals surface area contributed by atoms with Gasteiger partial charge in [0.1, 0.15) is 5.69 Å². The maximum Gasteiger partial charge on any atom is 0.357 e. The van der Waals surface area contributed by atoms with Crippen LogP contribution >= 0.6 is 22.7 Å². The molecular weight excluding hydrogens is 432 g/mol. The zero-order valence-electron chi connectivity index (χ0n) is 16.5. The van der Waals surface area contributed by atoms with Crippen molar-refractivity contribution in [3.63, 3.8) is 0 Å². The number of hydrogen-bond acceptors (Lipinski definition) is 7. The Bertz CT molecular complexity index is 1210. The fraction of sp³-hybridized carbons (Fsp3) is 0.0909. The normalized spacial score (nSPS) is 11.0. The SMILES string of the molecule is CCOC(=O)c1csc(NC(=O)/C=C/c2cn(-c3ccccc3)nc2-c2cccs2)n1. The van der Waals surface area contributed by atoms with Crippen molar-refractivity contribution in [1.29, 1.82) is 0 Å². The fourth-order valence-corrected chi connectivity index (χ4v) is 4.18. The molecule has 4 rings (SSSR count). The summed E-state index contributed by atoms with van der Waals surface area (Å²) in [4.78, 5) is 29.2. The minimum atomic E-state index is -0.510. The first-order chi connectivity index (χ1) is 15.1. The zero-order chi connectivity index (χ0) is 21.6. The number of thiazole rings is 1. The minimum Gasteiger partial charge on any atom is -0.461 e. The molecule has 1 N–H and O–H groups in total. The van der Waals surface area contributed by atoms with Crippen molar-refractivity contribution >= 4 is 45.8 Å². The number of ether oxygens (including phenoxy) is 1. The molecule has 1 aromatic carbocycles. The lowest BCUT2D eigenvalue weighted by molar-refractivity contribution is -0.111. The van der Waals surface area contributed by atoms with Crippen LogP contribution in [0.1, 0.15) is 23.0 Å². The molecule has 31 heavy (non-hydrogen) atoms. The molecule has 0 aliphatic carbocycles. The molecule has 9 heteroatoms. The van der Waals surface area contributed by atoms with Gasteiger partial charge in [-0.2, -0.15) is 5.10 Å². The number of amides is 1. The van der Waals surface area contributed by atoms with E-state index >= 15 is 0 Å². The van der Waals surface area contributed by atoms with E-state index in [1.807, 2.05) is 54.0 Å². The van der Waals surface area contributed by atoms with Gasteiger partial charge in [-0.15, -0.1) is 22.7 Å². The van der Waals surface area contributed by atoms with Crippen molar-refractivity contribution < 1.29 is 14.3 Å². The number of carbonyl (C=O) groups is 2. The van der Waals surface area contributed by atoms with Crippen LogP contribution in [0.15, 0.2) is 65.5 Å². The molecule has 0 bridgehead atoms. The highest BCUT2D eigenvalue weighted by molar-refractivity contribution is 7.14. The number of thiophene rings is 1. The van der Waals surface area contributed by atoms with Gasteiger partial charge in [0.25, 0.3) is 0 Å². The van der Waals surface area contributed by atoms with E-state index in [0.29, 0.717) is 5.13 Å². The summed E-state index contributed by atoms with van der Waals surface area (Å²) in [5, 5.41) is 11.2. The lowest BCUT2D eigenvalue weighted by atomic mass is 10.2. The van der Waals surface area contributed by atoms with Crippen LogP contribution in [0, 0.1) is 0 Å². The van der Waals surface area contributed by atoms with Crippen LogP contribution in [-0.2, 0) is 9.53 Å². The largest absolute Gasteiger partial charge is 0.461 e. The highest BCUT2D eigenvalue weighted by Gasteiger charge is 2.14. The number of anilines is 1. The number of rotatable bonds is 7. The summed E-state index contributed by atoms with van der Waals surface area (Å²) in [5.74, 6) is -0.863. The predicted octanol–water partition coefficient (Wildman–Crippen LogP) is 4.89. The molecule has 156 valence electrons. The second-order valence-electron chi connectivity index (χ2n) is 6.27. The summed E-state index contributed by atoms with van der Waals surface area (Å²) < 4.78 is 6.70. The number of para-hydroxylation sites is 1. The average molecular weight is 451 g/mol. The van der Waals surface area contributed by atoms with Crippen LogP contribution in [0.3, 0.4) is 0 Å². The summed E-state index contributed by atoms with van der Waals surface area (Å²) in [6, 6.07) is 13.7. The van der Waals surface area contributed by atoms with Gasteiger partial charge in [0.15, 0.2) is 10.8 Å². The summed E-state index contributed by atoms with van der Waals surface area (Å²) in [7, 11) is 0. The summed E-state index contributed by atoms with van der Waals surface area (Å²) in [5.41, 5.74) is 2.71. The van der Waals surface area contributed by atoms with Crippen LogP contribution in [0.4, 0.5) is 5.13 Å². The topological polar surface area (TPSA) is 86.1 Å². The molecule has 3 heterocycles. The number of benzene rings is 1. The van der Waals surface area contributed by atoms with Crippen LogP contribution in [0.2, 0.25) is 0 Å². The van der Waals surface area contributed by atoms with Gasteiger partial charge < -0.3 is 4.74 Å². The van der Waals surface area contributed by atoms with Gasteiger partial charge in [-0.25, -0.2) is 14.5 Å². The molecule has 0 radical (unpaired) electrons. The smallest absolute Gasteiger partial charge is 0.357 e. The molecule has 7 nitrogen and oxygen atoms in total. The second kappa shape index (κ2) is 9.50. The van der Waals surface area contributed by atoms with Gasteiger partial charge in [0, 0.05) is 23.2 Å². The first-order valence-corrected chi connectivity index (χ1v) is 11.2. The predicted molar refractivity (Wildman–Crippen MR) is 123 cm³/mol. The zero-order valence-corrected chi connectivity index (χ0v) is 18.2. The molecule has 4 aromatic rings. The number of carbonyl (C=O) groups excluding carboxylic acids is 2. The van der Waals surface area contributed by atoms with Crippen LogP contribution in [0.5, 0.6) is 0 Å². The molecule has 0 saturated carbocycles. The van der Waals surface area contributed by atoms with Gasteiger partial charge in [-0.1, -0.05) is 24.3 Å². The van der Waals surface area contributed by atoms with Crippen molar-refractivity contribution in [3.05, 3.63) is 76.8 Å². The van der Waals surface area contributed by atoms with E-state index in [1.54, 1.807) is 34.4 Å². The Hall–Kier alpha value is -3.56. The molecule has 0 spiro atoms. The Labute approximate surface area is 186 Å². The first-order valence-electron chi connectivity index (χ1n) is 9.44. The third-order valence-corrected chi connectivity index (χ3v) is 5.79. The van der Waals surface area contributed by atoms with Crippen molar-refractivity contribution in [2.75, 3.05) is 11.9 Å². The number of esters is 1. The van der Waals surface area contributed by atoms with E-state index < -0.39 is 5.97 Å². The molecule has 3 aromatic heterocycles. The van der Waals surface area contributed by atoms with E-state index in [9.17, 15) is 9.59 Å². The van der Waals surface area contributed by atoms with E-state index in [4.69, 9.17) is 9.84 Å². The molecule has 0 aliphatic heterocycles. The van der Waals surface area contributed by atoms with Crippen molar-refractivity contribution in [2.24, 2.45) is 0 Å². The maximum atomic E-state index is 12.4. The average Bonchev–Trinajstić information content (AvgIpc) is 3.53. The Kier molecular flexibility index (Phi) is 6.34. The molecule has 0 aliphatic rings. The van der Waals surface area contributed by atoms with Crippen LogP contribution in [0.25, 0.3) is 22.3 Å². The third-order valence-electron chi connectivity index (χ3n) is 4.15. The van der Waals surface area contributed by atoms with Crippen LogP contribution < -0.4 is 5.32 Å². The summed E-state index contributed by atoms with van der Waals surface area (Å²) in [6.07, 6.45) is 5.03. The lowest BCUT2D eigenvalue weighted by Gasteiger charge is -1.99. The molecule has 0 unspecified atom stereocenters. The van der Waals surface area contributed by atoms with Gasteiger partial charge >= 0.3 is 5.97 Å². The van der Waals surface area contributed by atoms with Crippen LogP contribution in [-0.4, -0.2) is 33.2 Å². The highest BCUT2D eigenvalue weighted by atomic mass is 32.1. The summed E-state index contributed by atoms with van der Waals surface area (Å²) in [6.45, 7) is 1.99. The minimum absolute atomic E-state index is 0.176. The standard InChI is InChI=1S/C22H18N4O3S2/c1-2-29-21(28)17-14-31-22(23-17)24-19(27)11-10-15-13-26(16-7-4-3-5-8-16)25-20(15)18-9-6-12-30-18/h3-14H,2H2,1H3,(H,23,24,27)/b11-10+. The molecular formula is C22H18N4O3S2. The van der Waals surface area contributed by atoms with Crippen molar-refractivity contribution in [3.8, 4) is 16.3 Å². The highest BCUT2D eigenvalue weighted by Crippen LogP contribution is 2.28. The van der Waals surface area contributed by atoms with E-state index in [2.05, 4.69) is 10.3 Å². The Morgan fingerprint density at radius 2 is 2.00 bits per heavy atom. The first kappa shape index (κ1) is 20.7. The second-order valence-corrected chi connectivity index (χ2v) is 8.08. The lowest BCUT2D eigenvalue weighted by Crippen LogP contribution is -2.09. The number of hydrogen-bond donors (Lipinski definition) is 1. The van der Waals surface area contributed by atoms with Crippen molar-refractivity contribution in [2.45, 2.75) is 6.92 Å². The fourth-order valence-electron chi connectivity index (χ4n) is 2.77. The van der Waals surface area contributed by atoms with E-state index in [1.165, 1.54) is 6.08 Å². The van der Waals surface area contributed by atoms with Gasteiger partial charge in [-0.3, -0.25) is 10.1 Å². The maximum absolute atomic E-state index is 12.4. The van der Waals surface area contributed by atoms with E-state index in [0.717, 1.165) is 33.2 Å². The molecule has 0 fully saturated rings. The number of nitrogens with zero attached hydrogens (tertiary/aromatic N) is 3. The molecule has 0 atom stereocenters. The Morgan fingerprint density at radius 3 is 2.74 bits per heavy atom. The monoisotopic (exact) mass is 450 g/mol. The quantitative estimate of drug-likeness (QED) is 0.320. The number of nitrogens with one attached hydrogen (secondary N) is 1. The van der Waals surface area contributed by atoms with Gasteiger partial charge in [0.2, 0.25) is 5.91 Å². The van der Waals surface area contributed by atoms with Crippen molar-refractivity contribution in [1.82, 2.24) is 14.8 Å². The molecule has 0 saturated heterocycles. The van der Waals surface area contributed by atoms with Gasteiger partial charge in [0.05, 0.1) is 17.2 Å². The third kappa shape index (κ3) is 4.96. The Balaban J connectivity index is 1.53. The number of aromatic nitrogens is 3.